The van der Waals surface area contributed by atoms with Crippen molar-refractivity contribution in [2.45, 2.75) is 108 Å². The van der Waals surface area contributed by atoms with Gasteiger partial charge >= 0.3 is 18.5 Å². The summed E-state index contributed by atoms with van der Waals surface area (Å²) in [5.41, 5.74) is -5.32. The number of carbonyl (C=O) groups is 1. The smallest absolute Gasteiger partial charge is 0.390 e. The van der Waals surface area contributed by atoms with E-state index in [1.54, 1.807) is 20.8 Å². The predicted octanol–water partition coefficient (Wildman–Crippen LogP) is 8.50. The first-order valence-corrected chi connectivity index (χ1v) is 16.6. The van der Waals surface area contributed by atoms with E-state index in [2.05, 4.69) is 15.4 Å². The normalized spacial score (nSPS) is 21.8. The van der Waals surface area contributed by atoms with Crippen LogP contribution in [0.5, 0.6) is 0 Å². The summed E-state index contributed by atoms with van der Waals surface area (Å²) in [4.78, 5) is 18.0. The highest BCUT2D eigenvalue weighted by Gasteiger charge is 2.44. The molecule has 17 heteroatoms. The molecule has 2 aliphatic rings. The van der Waals surface area contributed by atoms with E-state index in [-0.39, 0.29) is 41.5 Å². The van der Waals surface area contributed by atoms with Crippen LogP contribution >= 0.6 is 0 Å². The van der Waals surface area contributed by atoms with E-state index in [0.717, 1.165) is 16.9 Å². The Morgan fingerprint density at radius 1 is 0.882 bits per heavy atom. The van der Waals surface area contributed by atoms with Gasteiger partial charge in [0.1, 0.15) is 0 Å². The van der Waals surface area contributed by atoms with E-state index in [0.29, 0.717) is 50.7 Å². The predicted molar refractivity (Wildman–Crippen MR) is 168 cm³/mol. The van der Waals surface area contributed by atoms with Gasteiger partial charge in [-0.2, -0.15) is 44.3 Å². The average Bonchev–Trinajstić information content (AvgIpc) is 3.46. The van der Waals surface area contributed by atoms with E-state index < -0.39 is 70.9 Å². The number of aliphatic hydroxyl groups is 1. The third-order valence-electron chi connectivity index (χ3n) is 9.66. The Labute approximate surface area is 288 Å². The number of amides is 1. The van der Waals surface area contributed by atoms with Crippen molar-refractivity contribution in [1.29, 1.82) is 0 Å². The molecule has 280 valence electrons. The topological polar surface area (TPSA) is 87.4 Å². The van der Waals surface area contributed by atoms with Gasteiger partial charge < -0.3 is 14.9 Å². The Hall–Kier alpha value is -3.89. The minimum absolute atomic E-state index is 0.00528. The quantitative estimate of drug-likeness (QED) is 0.234. The molecule has 2 heterocycles. The summed E-state index contributed by atoms with van der Waals surface area (Å²) in [6.45, 7) is 4.56. The number of nitrogens with zero attached hydrogens (tertiary/aromatic N) is 6. The van der Waals surface area contributed by atoms with Crippen LogP contribution in [-0.4, -0.2) is 42.9 Å². The van der Waals surface area contributed by atoms with Gasteiger partial charge in [-0.15, -0.1) is 5.10 Å². The van der Waals surface area contributed by atoms with E-state index in [1.165, 1.54) is 22.9 Å². The molecule has 8 nitrogen and oxygen atoms in total. The zero-order valence-electron chi connectivity index (χ0n) is 28.4. The number of alkyl halides is 9. The molecule has 51 heavy (non-hydrogen) atoms. The number of aryl methyl sites for hydroxylation is 1. The summed E-state index contributed by atoms with van der Waals surface area (Å²) in [5, 5.41) is 22.1. The summed E-state index contributed by atoms with van der Waals surface area (Å²) >= 11 is 0. The van der Waals surface area contributed by atoms with Crippen LogP contribution in [0.2, 0.25) is 0 Å². The maximum Gasteiger partial charge on any atom is 0.416 e. The van der Waals surface area contributed by atoms with Crippen molar-refractivity contribution in [2.24, 2.45) is 18.9 Å². The van der Waals surface area contributed by atoms with Crippen LogP contribution in [0.3, 0.4) is 0 Å². The number of benzene rings is 2. The largest absolute Gasteiger partial charge is 0.416 e. The second kappa shape index (κ2) is 13.9. The molecule has 2 atom stereocenters. The van der Waals surface area contributed by atoms with Crippen LogP contribution in [-0.2, 0) is 36.9 Å². The van der Waals surface area contributed by atoms with Crippen molar-refractivity contribution < 1.29 is 49.4 Å². The zero-order valence-corrected chi connectivity index (χ0v) is 28.4. The molecule has 1 aliphatic carbocycles. The summed E-state index contributed by atoms with van der Waals surface area (Å²) < 4.78 is 125. The van der Waals surface area contributed by atoms with Crippen molar-refractivity contribution in [3.63, 3.8) is 0 Å². The molecule has 1 saturated carbocycles. The van der Waals surface area contributed by atoms with Crippen LogP contribution in [0, 0.1) is 11.8 Å². The Morgan fingerprint density at radius 3 is 1.96 bits per heavy atom. The van der Waals surface area contributed by atoms with Gasteiger partial charge in [0.15, 0.2) is 0 Å². The zero-order chi connectivity index (χ0) is 37.7. The molecule has 0 saturated heterocycles. The number of hydrogen-bond donors (Lipinski definition) is 1. The molecule has 1 aromatic heterocycles. The van der Waals surface area contributed by atoms with E-state index in [1.807, 2.05) is 0 Å². The van der Waals surface area contributed by atoms with Gasteiger partial charge in [0.25, 0.3) is 5.95 Å². The van der Waals surface area contributed by atoms with Crippen LogP contribution in [0.4, 0.5) is 51.1 Å². The first-order chi connectivity index (χ1) is 23.5. The summed E-state index contributed by atoms with van der Waals surface area (Å²) in [6.07, 6.45) is -11.8. The average molecular weight is 735 g/mol. The number of carbonyl (C=O) groups excluding carboxylic acids is 1. The molecule has 1 N–H and O–H groups in total. The minimum atomic E-state index is -5.13. The molecule has 0 bridgehead atoms. The number of halogens is 9. The number of hydrogen-bond acceptors (Lipinski definition) is 6. The maximum atomic E-state index is 14.3. The molecule has 0 radical (unpaired) electrons. The second-order valence-electron chi connectivity index (χ2n) is 14.1. The highest BCUT2D eigenvalue weighted by Crippen LogP contribution is 2.47. The Kier molecular flexibility index (Phi) is 10.5. The number of tetrazole rings is 1. The van der Waals surface area contributed by atoms with Crippen LogP contribution in [0.1, 0.15) is 99.6 Å². The van der Waals surface area contributed by atoms with Crippen LogP contribution in [0.15, 0.2) is 36.4 Å². The summed E-state index contributed by atoms with van der Waals surface area (Å²) in [7, 11) is 1.38. The molecule has 5 rings (SSSR count). The lowest BCUT2D eigenvalue weighted by atomic mass is 9.76. The number of fused-ring (bicyclic) bond motifs is 1. The SMILES string of the molecule is CC[C@@H]1CC(N(Cc2cc(C(F)(F)F)cc(C(F)(F)F)c2)c2nnn(C)n2)c2cc(C(F)(F)F)ccc2N1C(=O)[C@H]1CC[C@H](CC(C)(C)O)CC1. The first-order valence-electron chi connectivity index (χ1n) is 16.6. The van der Waals surface area contributed by atoms with E-state index >= 15 is 0 Å². The van der Waals surface area contributed by atoms with Gasteiger partial charge in [-0.3, -0.25) is 4.79 Å². The third kappa shape index (κ3) is 8.78. The van der Waals surface area contributed by atoms with Crippen molar-refractivity contribution in [3.05, 3.63) is 64.2 Å². The maximum absolute atomic E-state index is 14.3. The summed E-state index contributed by atoms with van der Waals surface area (Å²) in [6, 6.07) is 2.28. The van der Waals surface area contributed by atoms with Crippen molar-refractivity contribution >= 4 is 17.5 Å². The number of rotatable bonds is 8. The monoisotopic (exact) mass is 734 g/mol. The Morgan fingerprint density at radius 2 is 1.47 bits per heavy atom. The highest BCUT2D eigenvalue weighted by atomic mass is 19.4. The molecule has 2 aromatic carbocycles. The summed E-state index contributed by atoms with van der Waals surface area (Å²) in [5.74, 6) is -0.755. The molecule has 1 unspecified atom stereocenters. The van der Waals surface area contributed by atoms with Crippen LogP contribution < -0.4 is 9.80 Å². The van der Waals surface area contributed by atoms with Gasteiger partial charge in [-0.05, 0) is 117 Å². The third-order valence-corrected chi connectivity index (χ3v) is 9.66. The van der Waals surface area contributed by atoms with E-state index in [4.69, 9.17) is 0 Å². The molecular weight excluding hydrogens is 695 g/mol. The van der Waals surface area contributed by atoms with Gasteiger partial charge in [-0.25, -0.2) is 0 Å². The lowest BCUT2D eigenvalue weighted by Crippen LogP contribution is -2.50. The molecule has 3 aromatic rings. The van der Waals surface area contributed by atoms with Crippen LogP contribution in [0.25, 0.3) is 0 Å². The van der Waals surface area contributed by atoms with Crippen molar-refractivity contribution in [2.75, 3.05) is 9.80 Å². The fourth-order valence-corrected chi connectivity index (χ4v) is 7.38. The van der Waals surface area contributed by atoms with Crippen molar-refractivity contribution in [1.82, 2.24) is 20.2 Å². The molecule has 1 amide bonds. The highest BCUT2D eigenvalue weighted by molar-refractivity contribution is 5.97. The molecule has 0 spiro atoms. The number of anilines is 2. The van der Waals surface area contributed by atoms with Gasteiger partial charge in [0.05, 0.1) is 35.4 Å². The lowest BCUT2D eigenvalue weighted by Gasteiger charge is -2.46. The molecule has 1 aliphatic heterocycles. The fourth-order valence-electron chi connectivity index (χ4n) is 7.38. The van der Waals surface area contributed by atoms with E-state index in [9.17, 15) is 49.4 Å². The lowest BCUT2D eigenvalue weighted by molar-refractivity contribution is -0.143. The Bertz CT molecular complexity index is 1670. The Balaban J connectivity index is 1.60. The van der Waals surface area contributed by atoms with Gasteiger partial charge in [-0.1, -0.05) is 12.0 Å². The second-order valence-corrected chi connectivity index (χ2v) is 14.1. The number of aromatic nitrogens is 4. The standard InChI is InChI=1S/C34H39F9N6O2/c1-5-25-16-28(48(30-44-46-47(4)45-30)18-20-12-23(33(38,39)40)14-24(13-20)34(41,42)43)26-15-22(32(35,36)37)10-11-27(26)49(25)29(50)21-8-6-19(7-9-21)17-31(2,3)51/h10-15,19,21,25,28,51H,5-9,16-18H2,1-4H3/t19-,21-,25-,28?/m1/s1. The molecular formula is C34H39F9N6O2. The minimum Gasteiger partial charge on any atom is -0.390 e. The fraction of sp³-hybridized carbons (Fsp3) is 0.588. The molecule has 1 fully saturated rings. The van der Waals surface area contributed by atoms with Gasteiger partial charge in [0, 0.05) is 24.2 Å². The van der Waals surface area contributed by atoms with Crippen molar-refractivity contribution in [3.8, 4) is 0 Å². The first kappa shape index (κ1) is 38.3. The van der Waals surface area contributed by atoms with Gasteiger partial charge in [0.2, 0.25) is 5.91 Å².